The van der Waals surface area contributed by atoms with Crippen molar-refractivity contribution in [3.63, 3.8) is 0 Å². The van der Waals surface area contributed by atoms with Gasteiger partial charge in [-0.15, -0.1) is 10.2 Å². The normalized spacial score (nSPS) is 19.9. The van der Waals surface area contributed by atoms with E-state index in [2.05, 4.69) is 25.5 Å². The average molecular weight is 909 g/mol. The van der Waals surface area contributed by atoms with Crippen molar-refractivity contribution in [3.8, 4) is 11.4 Å². The van der Waals surface area contributed by atoms with Crippen molar-refractivity contribution in [1.29, 1.82) is 0 Å². The molecule has 4 aliphatic rings. The summed E-state index contributed by atoms with van der Waals surface area (Å²) in [5.74, 6) is 0.00139. The van der Waals surface area contributed by atoms with Gasteiger partial charge in [0.25, 0.3) is 11.8 Å². The second-order valence-electron chi connectivity index (χ2n) is 14.3. The van der Waals surface area contributed by atoms with Crippen molar-refractivity contribution < 1.29 is 48.7 Å². The molecule has 0 radical (unpaired) electrons. The van der Waals surface area contributed by atoms with Crippen molar-refractivity contribution in [2.75, 3.05) is 22.9 Å². The molecule has 9 rings (SSSR count). The number of H-pyrrole nitrogens is 1. The van der Waals surface area contributed by atoms with Gasteiger partial charge in [-0.25, -0.2) is 24.2 Å². The number of aromatic nitrogens is 4. The Morgan fingerprint density at radius 3 is 1.46 bits per heavy atom. The molecule has 2 unspecified atom stereocenters. The van der Waals surface area contributed by atoms with Crippen LogP contribution >= 0.6 is 46.4 Å². The fourth-order valence-electron chi connectivity index (χ4n) is 8.32. The van der Waals surface area contributed by atoms with Crippen molar-refractivity contribution in [2.24, 2.45) is 0 Å². The number of imide groups is 2. The van der Waals surface area contributed by atoms with E-state index in [1.165, 1.54) is 14.7 Å². The van der Waals surface area contributed by atoms with E-state index in [1.54, 1.807) is 58.3 Å². The molecule has 5 heterocycles. The summed E-state index contributed by atoms with van der Waals surface area (Å²) in [6.45, 7) is 8.13. The summed E-state index contributed by atoms with van der Waals surface area (Å²) >= 11 is 24.3. The largest absolute Gasteiger partial charge is 1.00 e. The first kappa shape index (κ1) is 45.3. The number of nitrogens with zero attached hydrogens (tertiary/aromatic N) is 11. The van der Waals surface area contributed by atoms with Crippen LogP contribution in [0.4, 0.5) is 26.7 Å². The number of amides is 6. The first-order valence-corrected chi connectivity index (χ1v) is 19.9. The second kappa shape index (κ2) is 18.8. The van der Waals surface area contributed by atoms with Gasteiger partial charge >= 0.3 is 41.6 Å². The maximum absolute atomic E-state index is 13.5. The van der Waals surface area contributed by atoms with Gasteiger partial charge in [-0.3, -0.25) is 14.5 Å². The Labute approximate surface area is 391 Å². The van der Waals surface area contributed by atoms with Gasteiger partial charge < -0.3 is 20.9 Å². The molecular formula is C40H31Cl4N12NaO4. The number of urea groups is 2. The summed E-state index contributed by atoms with van der Waals surface area (Å²) < 4.78 is 0. The maximum Gasteiger partial charge on any atom is 1.00 e. The van der Waals surface area contributed by atoms with Gasteiger partial charge in [-0.05, 0) is 78.4 Å². The van der Waals surface area contributed by atoms with E-state index >= 15 is 0 Å². The Morgan fingerprint density at radius 1 is 0.672 bits per heavy atom. The van der Waals surface area contributed by atoms with E-state index in [9.17, 15) is 19.2 Å². The second-order valence-corrected chi connectivity index (χ2v) is 16.1. The van der Waals surface area contributed by atoms with Gasteiger partial charge in [0, 0.05) is 51.6 Å². The number of hydrogen-bond acceptors (Lipinski definition) is 7. The molecule has 1 N–H and O–H groups in total. The van der Waals surface area contributed by atoms with Crippen LogP contribution in [-0.2, 0) is 22.4 Å². The smallest absolute Gasteiger partial charge is 0.373 e. The molecule has 0 bridgehead atoms. The molecule has 21 heteroatoms. The third-order valence-corrected chi connectivity index (χ3v) is 11.7. The topological polar surface area (TPSA) is 199 Å². The van der Waals surface area contributed by atoms with Crippen LogP contribution < -0.4 is 39.4 Å². The quantitative estimate of drug-likeness (QED) is 0.0469. The molecule has 5 aromatic rings. The maximum atomic E-state index is 13.5. The zero-order chi connectivity index (χ0) is 42.8. The van der Waals surface area contributed by atoms with Gasteiger partial charge in [0.2, 0.25) is 5.82 Å². The minimum atomic E-state index is -0.903. The molecule has 4 aliphatic heterocycles. The van der Waals surface area contributed by atoms with Crippen LogP contribution in [-0.4, -0.2) is 78.5 Å². The van der Waals surface area contributed by atoms with E-state index in [4.69, 9.17) is 64.0 Å². The third kappa shape index (κ3) is 8.79. The van der Waals surface area contributed by atoms with Gasteiger partial charge in [0.15, 0.2) is 5.69 Å². The van der Waals surface area contributed by atoms with Crippen molar-refractivity contribution in [1.82, 2.24) is 30.4 Å². The Morgan fingerprint density at radius 2 is 1.08 bits per heavy atom. The minimum absolute atomic E-state index is 0. The van der Waals surface area contributed by atoms with Crippen LogP contribution in [0.5, 0.6) is 0 Å². The molecular weight excluding hydrogens is 877 g/mol. The fraction of sp³-hybridized carbons (Fsp3) is 0.250. The van der Waals surface area contributed by atoms with Gasteiger partial charge in [-0.2, -0.15) is 5.21 Å². The standard InChI is InChI=1S/C20H16Cl2N6O2.C20H15Cl2N3O2.N3.Na/c21-14-8-15(22)10-16(9-14)28-18(29)20(6-1-7-27(20)19(28)30)11-12-2-4-13(5-3-12)17-23-25-26-24-17;1-23-16-5-3-13(4-6-16)12-20-7-2-8-24(20)19(27)25(18(20)26)17-10-14(21)9-15(22)11-17;1-3-2;/h2-5,8-10H,1,6-7,11H2,(H,23,24,25,26);3-6,9-11H,2,7-8,12H2;;/q;;-1;+1. The van der Waals surface area contributed by atoms with Crippen LogP contribution in [0.1, 0.15) is 36.8 Å². The van der Waals surface area contributed by atoms with Crippen LogP contribution in [0.2, 0.25) is 20.1 Å². The van der Waals surface area contributed by atoms with Gasteiger partial charge in [0.1, 0.15) is 11.1 Å². The number of hydrogen-bond donors (Lipinski definition) is 1. The number of carbonyl (C=O) groups is 4. The molecule has 0 spiro atoms. The number of anilines is 2. The summed E-state index contributed by atoms with van der Waals surface area (Å²) in [5.41, 5.74) is 15.7. The van der Waals surface area contributed by atoms with Crippen molar-refractivity contribution >= 4 is 87.3 Å². The first-order valence-electron chi connectivity index (χ1n) is 18.4. The monoisotopic (exact) mass is 906 g/mol. The van der Waals surface area contributed by atoms with Crippen molar-refractivity contribution in [2.45, 2.75) is 49.6 Å². The van der Waals surface area contributed by atoms with E-state index in [1.807, 2.05) is 36.4 Å². The Hall–Kier alpha value is -5.21. The number of halogens is 4. The molecule has 0 saturated carbocycles. The average Bonchev–Trinajstić information content (AvgIpc) is 4.04. The molecule has 0 aliphatic carbocycles. The summed E-state index contributed by atoms with van der Waals surface area (Å²) in [4.78, 5) is 63.7. The van der Waals surface area contributed by atoms with Gasteiger partial charge in [-0.1, -0.05) is 94.9 Å². The number of aromatic amines is 1. The van der Waals surface area contributed by atoms with Crippen LogP contribution in [0, 0.1) is 6.57 Å². The molecule has 4 saturated heterocycles. The summed E-state index contributed by atoms with van der Waals surface area (Å²) in [6, 6.07) is 23.5. The number of benzene rings is 4. The number of tetrazole rings is 1. The van der Waals surface area contributed by atoms with E-state index in [0.717, 1.165) is 29.5 Å². The SMILES string of the molecule is O=C1N(c2cc(Cl)cc(Cl)c2)C(=O)C2(Cc3ccc(-c4nn[nH]n4)cc3)CCCN12.[C-]#[N+]c1ccc(CC23CCCN2C(=O)N(c2cc(Cl)cc(Cl)c2)C3=O)cc1.[N-]=[N+]=[N-].[Na+]. The Balaban J connectivity index is 0.000000190. The first-order chi connectivity index (χ1) is 28.8. The molecule has 61 heavy (non-hydrogen) atoms. The van der Waals surface area contributed by atoms with Crippen LogP contribution in [0.15, 0.2) is 84.9 Å². The summed E-state index contributed by atoms with van der Waals surface area (Å²) in [6.07, 6.45) is 3.61. The van der Waals surface area contributed by atoms with Crippen LogP contribution in [0.25, 0.3) is 32.2 Å². The Kier molecular flexibility index (Phi) is 14.0. The molecule has 16 nitrogen and oxygen atoms in total. The van der Waals surface area contributed by atoms with E-state index < -0.39 is 11.1 Å². The molecule has 4 aromatic carbocycles. The summed E-state index contributed by atoms with van der Waals surface area (Å²) in [5, 5.41) is 15.4. The number of rotatable bonds is 7. The van der Waals surface area contributed by atoms with Crippen molar-refractivity contribution in [3.05, 3.63) is 144 Å². The van der Waals surface area contributed by atoms with Crippen LogP contribution in [0.3, 0.4) is 0 Å². The zero-order valence-corrected chi connectivity index (χ0v) is 37.3. The number of carbonyl (C=O) groups excluding carboxylic acids is 4. The van der Waals surface area contributed by atoms with E-state index in [-0.39, 0.29) is 53.4 Å². The summed E-state index contributed by atoms with van der Waals surface area (Å²) in [7, 11) is 0. The molecule has 2 atom stereocenters. The molecule has 304 valence electrons. The predicted octanol–water partition coefficient (Wildman–Crippen LogP) is 6.68. The van der Waals surface area contributed by atoms with Gasteiger partial charge in [0.05, 0.1) is 17.9 Å². The molecule has 4 fully saturated rings. The van der Waals surface area contributed by atoms with E-state index in [0.29, 0.717) is 81.7 Å². The zero-order valence-electron chi connectivity index (χ0n) is 32.3. The fourth-order valence-corrected chi connectivity index (χ4v) is 9.35. The minimum Gasteiger partial charge on any atom is -0.373 e. The molecule has 1 aromatic heterocycles. The predicted molar refractivity (Wildman–Crippen MR) is 226 cm³/mol. The number of fused-ring (bicyclic) bond motifs is 2. The third-order valence-electron chi connectivity index (χ3n) is 10.9. The molecule has 6 amide bonds. The Bertz CT molecular complexity index is 2530. The number of nitrogens with one attached hydrogen (secondary N) is 1.